The second-order valence-corrected chi connectivity index (χ2v) is 8.64. The minimum Gasteiger partial charge on any atom is -0.504 e. The van der Waals surface area contributed by atoms with E-state index in [1.807, 2.05) is 6.92 Å². The molecule has 3 N–H and O–H groups in total. The standard InChI is InChI=1S/C18H19N3O4S2/c1-12-10-20-18(26-12)21-27(23,24)15-8-6-14(7-9-15)19-11-13-4-3-5-16(25-2)17(13)22/h3-10,19,22H,11H2,1-2H3,(H,20,21). The molecule has 0 fully saturated rings. The van der Waals surface area contributed by atoms with Crippen molar-refractivity contribution in [3.05, 3.63) is 59.1 Å². The Morgan fingerprint density at radius 2 is 1.93 bits per heavy atom. The number of aryl methyl sites for hydroxylation is 1. The van der Waals surface area contributed by atoms with Gasteiger partial charge in [0.2, 0.25) is 0 Å². The number of nitrogens with zero attached hydrogens (tertiary/aromatic N) is 1. The van der Waals surface area contributed by atoms with Gasteiger partial charge in [-0.1, -0.05) is 12.1 Å². The van der Waals surface area contributed by atoms with Crippen molar-refractivity contribution in [3.63, 3.8) is 0 Å². The summed E-state index contributed by atoms with van der Waals surface area (Å²) in [6.45, 7) is 2.22. The number of phenols is 1. The van der Waals surface area contributed by atoms with Crippen molar-refractivity contribution in [1.82, 2.24) is 4.98 Å². The lowest BCUT2D eigenvalue weighted by molar-refractivity contribution is 0.371. The summed E-state index contributed by atoms with van der Waals surface area (Å²) in [5, 5.41) is 13.6. The van der Waals surface area contributed by atoms with Crippen LogP contribution in [0.15, 0.2) is 53.6 Å². The Balaban J connectivity index is 1.68. The molecule has 142 valence electrons. The first-order valence-electron chi connectivity index (χ1n) is 8.03. The number of phenolic OH excluding ortho intramolecular Hbond substituents is 1. The topological polar surface area (TPSA) is 101 Å². The lowest BCUT2D eigenvalue weighted by Crippen LogP contribution is -2.12. The Labute approximate surface area is 161 Å². The number of aromatic nitrogens is 1. The highest BCUT2D eigenvalue weighted by atomic mass is 32.2. The molecular formula is C18H19N3O4S2. The molecule has 3 aromatic rings. The van der Waals surface area contributed by atoms with Crippen LogP contribution >= 0.6 is 11.3 Å². The zero-order chi connectivity index (χ0) is 19.4. The number of aromatic hydroxyl groups is 1. The SMILES string of the molecule is COc1cccc(CNc2ccc(S(=O)(=O)Nc3ncc(C)s3)cc2)c1O. The van der Waals surface area contributed by atoms with Crippen LogP contribution in [-0.2, 0) is 16.6 Å². The van der Waals surface area contributed by atoms with Gasteiger partial charge in [-0.3, -0.25) is 4.72 Å². The highest BCUT2D eigenvalue weighted by molar-refractivity contribution is 7.93. The zero-order valence-corrected chi connectivity index (χ0v) is 16.4. The molecule has 7 nitrogen and oxygen atoms in total. The molecule has 0 spiro atoms. The number of anilines is 2. The van der Waals surface area contributed by atoms with Crippen LogP contribution in [-0.4, -0.2) is 25.6 Å². The first kappa shape index (κ1) is 19.0. The van der Waals surface area contributed by atoms with Crippen LogP contribution in [0.1, 0.15) is 10.4 Å². The molecule has 2 aromatic carbocycles. The lowest BCUT2D eigenvalue weighted by Gasteiger charge is -2.11. The fourth-order valence-electron chi connectivity index (χ4n) is 2.40. The van der Waals surface area contributed by atoms with Crippen molar-refractivity contribution < 1.29 is 18.3 Å². The second-order valence-electron chi connectivity index (χ2n) is 5.73. The maximum absolute atomic E-state index is 12.4. The molecule has 0 radical (unpaired) electrons. The number of nitrogens with one attached hydrogen (secondary N) is 2. The van der Waals surface area contributed by atoms with Gasteiger partial charge in [0.25, 0.3) is 10.0 Å². The van der Waals surface area contributed by atoms with Crippen LogP contribution in [0.2, 0.25) is 0 Å². The van der Waals surface area contributed by atoms with Gasteiger partial charge in [-0.15, -0.1) is 11.3 Å². The van der Waals surface area contributed by atoms with E-state index in [2.05, 4.69) is 15.0 Å². The predicted molar refractivity (Wildman–Crippen MR) is 106 cm³/mol. The summed E-state index contributed by atoms with van der Waals surface area (Å²) < 4.78 is 32.4. The molecule has 0 bridgehead atoms. The van der Waals surface area contributed by atoms with E-state index in [9.17, 15) is 13.5 Å². The number of methoxy groups -OCH3 is 1. The number of thiazole rings is 1. The van der Waals surface area contributed by atoms with Crippen LogP contribution in [0.5, 0.6) is 11.5 Å². The Morgan fingerprint density at radius 1 is 1.19 bits per heavy atom. The van der Waals surface area contributed by atoms with Crippen molar-refractivity contribution in [2.45, 2.75) is 18.4 Å². The molecule has 27 heavy (non-hydrogen) atoms. The Morgan fingerprint density at radius 3 is 2.56 bits per heavy atom. The molecule has 1 aromatic heterocycles. The summed E-state index contributed by atoms with van der Waals surface area (Å²) >= 11 is 1.27. The van der Waals surface area contributed by atoms with Crippen LogP contribution in [0.25, 0.3) is 0 Å². The monoisotopic (exact) mass is 405 g/mol. The maximum atomic E-state index is 12.4. The molecule has 0 aliphatic carbocycles. The molecule has 3 rings (SSSR count). The molecular weight excluding hydrogens is 386 g/mol. The molecule has 1 heterocycles. The second kappa shape index (κ2) is 7.85. The summed E-state index contributed by atoms with van der Waals surface area (Å²) in [4.78, 5) is 5.08. The average Bonchev–Trinajstić information content (AvgIpc) is 3.05. The van der Waals surface area contributed by atoms with Gasteiger partial charge in [-0.05, 0) is 37.3 Å². The van der Waals surface area contributed by atoms with E-state index in [1.165, 1.54) is 30.6 Å². The quantitative estimate of drug-likeness (QED) is 0.555. The Bertz CT molecular complexity index is 1030. The summed E-state index contributed by atoms with van der Waals surface area (Å²) in [6.07, 6.45) is 1.61. The molecule has 0 atom stereocenters. The Kier molecular flexibility index (Phi) is 5.52. The third-order valence-corrected chi connectivity index (χ3v) is 6.11. The van der Waals surface area contributed by atoms with E-state index >= 15 is 0 Å². The zero-order valence-electron chi connectivity index (χ0n) is 14.8. The minimum absolute atomic E-state index is 0.0784. The van der Waals surface area contributed by atoms with E-state index in [1.54, 1.807) is 36.5 Å². The summed E-state index contributed by atoms with van der Waals surface area (Å²) in [5.74, 6) is 0.480. The largest absolute Gasteiger partial charge is 0.504 e. The van der Waals surface area contributed by atoms with Crippen LogP contribution in [0.4, 0.5) is 10.8 Å². The van der Waals surface area contributed by atoms with E-state index in [0.717, 1.165) is 10.6 Å². The van der Waals surface area contributed by atoms with Crippen molar-refractivity contribution >= 4 is 32.2 Å². The Hall–Kier alpha value is -2.78. The first-order chi connectivity index (χ1) is 12.9. The van der Waals surface area contributed by atoms with E-state index < -0.39 is 10.0 Å². The van der Waals surface area contributed by atoms with Crippen LogP contribution in [0, 0.1) is 6.92 Å². The molecule has 0 saturated heterocycles. The first-order valence-corrected chi connectivity index (χ1v) is 10.3. The number of para-hydroxylation sites is 1. The van der Waals surface area contributed by atoms with Gasteiger partial charge in [0.15, 0.2) is 16.6 Å². The van der Waals surface area contributed by atoms with Crippen molar-refractivity contribution in [1.29, 1.82) is 0 Å². The van der Waals surface area contributed by atoms with Crippen LogP contribution in [0.3, 0.4) is 0 Å². The van der Waals surface area contributed by atoms with E-state index in [4.69, 9.17) is 4.74 Å². The van der Waals surface area contributed by atoms with Gasteiger partial charge in [-0.25, -0.2) is 13.4 Å². The smallest absolute Gasteiger partial charge is 0.263 e. The number of hydrogen-bond donors (Lipinski definition) is 3. The van der Waals surface area contributed by atoms with Gasteiger partial charge in [0.1, 0.15) is 0 Å². The molecule has 0 aliphatic heterocycles. The van der Waals surface area contributed by atoms with Crippen LogP contribution < -0.4 is 14.8 Å². The van der Waals surface area contributed by atoms with Gasteiger partial charge < -0.3 is 15.2 Å². The fourth-order valence-corrected chi connectivity index (χ4v) is 4.31. The molecule has 0 amide bonds. The number of rotatable bonds is 7. The van der Waals surface area contributed by atoms with E-state index in [0.29, 0.717) is 23.0 Å². The number of benzene rings is 2. The molecule has 0 saturated carbocycles. The minimum atomic E-state index is -3.69. The number of sulfonamides is 1. The van der Waals surface area contributed by atoms with Crippen molar-refractivity contribution in [2.75, 3.05) is 17.1 Å². The van der Waals surface area contributed by atoms with Gasteiger partial charge in [0.05, 0.1) is 12.0 Å². The highest BCUT2D eigenvalue weighted by Gasteiger charge is 2.16. The number of hydrogen-bond acceptors (Lipinski definition) is 7. The van der Waals surface area contributed by atoms with Gasteiger partial charge >= 0.3 is 0 Å². The fraction of sp³-hybridized carbons (Fsp3) is 0.167. The average molecular weight is 406 g/mol. The maximum Gasteiger partial charge on any atom is 0.263 e. The normalized spacial score (nSPS) is 11.2. The third-order valence-electron chi connectivity index (χ3n) is 3.79. The third kappa shape index (κ3) is 4.50. The molecule has 0 unspecified atom stereocenters. The van der Waals surface area contributed by atoms with Crippen molar-refractivity contribution in [2.24, 2.45) is 0 Å². The highest BCUT2D eigenvalue weighted by Crippen LogP contribution is 2.30. The number of ether oxygens (including phenoxy) is 1. The molecule has 0 aliphatic rings. The van der Waals surface area contributed by atoms with Crippen molar-refractivity contribution in [3.8, 4) is 11.5 Å². The van der Waals surface area contributed by atoms with Gasteiger partial charge in [0, 0.05) is 28.9 Å². The van der Waals surface area contributed by atoms with E-state index in [-0.39, 0.29) is 10.6 Å². The molecule has 9 heteroatoms. The van der Waals surface area contributed by atoms with Gasteiger partial charge in [-0.2, -0.15) is 0 Å². The summed E-state index contributed by atoms with van der Waals surface area (Å²) in [5.41, 5.74) is 1.40. The summed E-state index contributed by atoms with van der Waals surface area (Å²) in [6, 6.07) is 11.6. The predicted octanol–water partition coefficient (Wildman–Crippen LogP) is 3.58. The summed E-state index contributed by atoms with van der Waals surface area (Å²) in [7, 11) is -2.19. The lowest BCUT2D eigenvalue weighted by atomic mass is 10.2.